The molecule has 2 atom stereocenters. The van der Waals surface area contributed by atoms with Gasteiger partial charge in [0, 0.05) is 36.6 Å². The van der Waals surface area contributed by atoms with Gasteiger partial charge >= 0.3 is 0 Å². The summed E-state index contributed by atoms with van der Waals surface area (Å²) in [5.74, 6) is 1.55. The number of carbonyl (C=O) groups excluding carboxylic acids is 1. The lowest BCUT2D eigenvalue weighted by Crippen LogP contribution is -2.42. The van der Waals surface area contributed by atoms with Crippen LogP contribution in [0.5, 0.6) is 0 Å². The fourth-order valence-electron chi connectivity index (χ4n) is 5.65. The Morgan fingerprint density at radius 3 is 2.80 bits per heavy atom. The highest BCUT2D eigenvalue weighted by atomic mass is 32.1. The Kier molecular flexibility index (Phi) is 6.45. The van der Waals surface area contributed by atoms with E-state index >= 15 is 0 Å². The molecular weight excluding hydrogens is 532 g/mol. The number of nitrogens with one attached hydrogen (secondary N) is 3. The number of carbonyl (C=O) groups is 1. The highest BCUT2D eigenvalue weighted by Crippen LogP contribution is 2.39. The Hall–Kier alpha value is -3.87. The zero-order chi connectivity index (χ0) is 27.2. The maximum Gasteiger partial charge on any atom is 0.255 e. The molecule has 1 saturated heterocycles. The molecule has 11 nitrogen and oxygen atoms in total. The van der Waals surface area contributed by atoms with Crippen molar-refractivity contribution in [3.63, 3.8) is 0 Å². The number of morpholine rings is 1. The minimum Gasteiger partial charge on any atom is -0.456 e. The van der Waals surface area contributed by atoms with Crippen molar-refractivity contribution in [2.75, 3.05) is 41.8 Å². The van der Waals surface area contributed by atoms with E-state index in [1.54, 1.807) is 6.26 Å². The molecule has 3 aliphatic rings. The van der Waals surface area contributed by atoms with E-state index < -0.39 is 0 Å². The second kappa shape index (κ2) is 10.3. The second-order valence-electron chi connectivity index (χ2n) is 10.4. The summed E-state index contributed by atoms with van der Waals surface area (Å²) in [5, 5.41) is 10.6. The monoisotopic (exact) mass is 562 g/mol. The number of anilines is 4. The van der Waals surface area contributed by atoms with Crippen LogP contribution < -0.4 is 32.0 Å². The van der Waals surface area contributed by atoms with Gasteiger partial charge in [-0.3, -0.25) is 9.59 Å². The van der Waals surface area contributed by atoms with Crippen molar-refractivity contribution in [2.45, 2.75) is 44.3 Å². The molecule has 0 bridgehead atoms. The zero-order valence-electron chi connectivity index (χ0n) is 21.8. The Morgan fingerprint density at radius 2 is 1.95 bits per heavy atom. The van der Waals surface area contributed by atoms with E-state index in [2.05, 4.69) is 16.0 Å². The van der Waals surface area contributed by atoms with Crippen LogP contribution in [0.2, 0.25) is 0 Å². The number of furan rings is 1. The molecule has 2 fully saturated rings. The number of rotatable bonds is 6. The quantitative estimate of drug-likeness (QED) is 0.272. The first-order chi connectivity index (χ1) is 19.5. The number of fused-ring (bicyclic) bond motifs is 2. The molecule has 12 heteroatoms. The van der Waals surface area contributed by atoms with Crippen LogP contribution in [0.1, 0.15) is 41.6 Å². The van der Waals surface area contributed by atoms with Crippen LogP contribution in [0.3, 0.4) is 0 Å². The minimum absolute atomic E-state index is 0.0772. The molecule has 6 heterocycles. The van der Waals surface area contributed by atoms with E-state index in [9.17, 15) is 9.59 Å². The largest absolute Gasteiger partial charge is 0.456 e. The van der Waals surface area contributed by atoms with E-state index in [4.69, 9.17) is 24.3 Å². The number of ether oxygens (including phenoxy) is 1. The van der Waals surface area contributed by atoms with Gasteiger partial charge < -0.3 is 40.2 Å². The highest BCUT2D eigenvalue weighted by Gasteiger charge is 2.28. The van der Waals surface area contributed by atoms with Crippen LogP contribution in [0.15, 0.2) is 44.2 Å². The molecule has 0 aromatic carbocycles. The third kappa shape index (κ3) is 4.61. The summed E-state index contributed by atoms with van der Waals surface area (Å²) in [6, 6.07) is 7.49. The zero-order valence-corrected chi connectivity index (χ0v) is 22.6. The first-order valence-electron chi connectivity index (χ1n) is 13.6. The lowest BCUT2D eigenvalue weighted by molar-refractivity contribution is 0.0966. The molecule has 208 valence electrons. The molecule has 1 saturated carbocycles. The van der Waals surface area contributed by atoms with Gasteiger partial charge in [-0.05, 0) is 36.6 Å². The summed E-state index contributed by atoms with van der Waals surface area (Å²) in [5.41, 5.74) is 8.86. The van der Waals surface area contributed by atoms with Crippen LogP contribution in [-0.4, -0.2) is 49.3 Å². The van der Waals surface area contributed by atoms with Crippen molar-refractivity contribution in [1.82, 2.24) is 10.3 Å². The number of hydrogen-bond acceptors (Lipinski definition) is 11. The summed E-state index contributed by atoms with van der Waals surface area (Å²) < 4.78 is 17.2. The summed E-state index contributed by atoms with van der Waals surface area (Å²) in [6.07, 6.45) is 5.82. The van der Waals surface area contributed by atoms with E-state index in [0.717, 1.165) is 41.1 Å². The van der Waals surface area contributed by atoms with Crippen LogP contribution in [0.4, 0.5) is 22.5 Å². The van der Waals surface area contributed by atoms with Gasteiger partial charge in [-0.1, -0.05) is 12.8 Å². The van der Waals surface area contributed by atoms with E-state index in [0.29, 0.717) is 67.1 Å². The van der Waals surface area contributed by atoms with Crippen molar-refractivity contribution in [1.29, 1.82) is 0 Å². The molecule has 1 amide bonds. The predicted octanol–water partition coefficient (Wildman–Crippen LogP) is 4.01. The molecule has 0 spiro atoms. The van der Waals surface area contributed by atoms with Gasteiger partial charge in [0.2, 0.25) is 11.0 Å². The van der Waals surface area contributed by atoms with Gasteiger partial charge in [0.05, 0.1) is 35.4 Å². The van der Waals surface area contributed by atoms with Crippen molar-refractivity contribution < 1.29 is 18.4 Å². The molecule has 1 aliphatic carbocycles. The number of pyridine rings is 1. The molecule has 4 aromatic rings. The normalized spacial score (nSPS) is 20.9. The van der Waals surface area contributed by atoms with Crippen molar-refractivity contribution in [2.24, 2.45) is 5.73 Å². The number of amides is 1. The number of nitrogens with zero attached hydrogens (tertiary/aromatic N) is 2. The summed E-state index contributed by atoms with van der Waals surface area (Å²) in [7, 11) is 0. The summed E-state index contributed by atoms with van der Waals surface area (Å²) >= 11 is 1.46. The average Bonchev–Trinajstić information content (AvgIpc) is 3.69. The van der Waals surface area contributed by atoms with E-state index in [1.165, 1.54) is 17.4 Å². The third-order valence-corrected chi connectivity index (χ3v) is 8.82. The first-order valence-corrected chi connectivity index (χ1v) is 14.4. The van der Waals surface area contributed by atoms with Crippen LogP contribution in [-0.2, 0) is 11.3 Å². The lowest BCUT2D eigenvalue weighted by atomic mass is 9.91. The SMILES string of the molecule is N[C@@H]1CCCC[C@@H]1Nc1cc2c(c(Nc3ccc(-c4coc5c(=O)cc(N6CCOCC6)oc45)s3)n1)C(=O)NC2. The van der Waals surface area contributed by atoms with Crippen molar-refractivity contribution in [3.8, 4) is 10.4 Å². The van der Waals surface area contributed by atoms with Gasteiger partial charge in [-0.25, -0.2) is 4.98 Å². The standard InChI is InChI=1S/C28H30N6O5S/c29-17-3-1-2-4-18(17)31-21-11-15-13-30-28(36)24(15)27(32-21)33-22-6-5-20(40-22)16-14-38-26-19(35)12-23(39-25(16)26)34-7-9-37-10-8-34/h5-6,11-12,14,17-18H,1-4,7-10,13,29H2,(H,30,36)(H2,31,32,33)/t17-,18+/m1/s1. The summed E-state index contributed by atoms with van der Waals surface area (Å²) in [6.45, 7) is 2.93. The van der Waals surface area contributed by atoms with Gasteiger partial charge in [0.15, 0.2) is 11.5 Å². The Morgan fingerprint density at radius 1 is 1.10 bits per heavy atom. The smallest absolute Gasteiger partial charge is 0.255 e. The molecular formula is C28H30N6O5S. The lowest BCUT2D eigenvalue weighted by Gasteiger charge is -2.30. The molecule has 2 aliphatic heterocycles. The predicted molar refractivity (Wildman–Crippen MR) is 154 cm³/mol. The third-order valence-electron chi connectivity index (χ3n) is 7.79. The molecule has 4 aromatic heterocycles. The minimum atomic E-state index is -0.225. The Labute approximate surface area is 233 Å². The Balaban J connectivity index is 1.19. The second-order valence-corrected chi connectivity index (χ2v) is 11.5. The van der Waals surface area contributed by atoms with Gasteiger partial charge in [-0.15, -0.1) is 11.3 Å². The fourth-order valence-corrected chi connectivity index (χ4v) is 6.56. The average molecular weight is 563 g/mol. The van der Waals surface area contributed by atoms with Gasteiger partial charge in [0.25, 0.3) is 5.91 Å². The van der Waals surface area contributed by atoms with Crippen molar-refractivity contribution >= 4 is 50.9 Å². The van der Waals surface area contributed by atoms with Crippen molar-refractivity contribution in [3.05, 3.63) is 51.9 Å². The molecule has 0 unspecified atom stereocenters. The molecule has 0 radical (unpaired) electrons. The molecule has 40 heavy (non-hydrogen) atoms. The highest BCUT2D eigenvalue weighted by molar-refractivity contribution is 7.19. The maximum atomic E-state index is 12.8. The van der Waals surface area contributed by atoms with Crippen LogP contribution in [0.25, 0.3) is 21.6 Å². The number of aromatic nitrogens is 1. The first kappa shape index (κ1) is 25.1. The topological polar surface area (TPSA) is 148 Å². The fraction of sp³-hybridized carbons (Fsp3) is 0.393. The van der Waals surface area contributed by atoms with E-state index in [1.807, 2.05) is 23.1 Å². The molecule has 7 rings (SSSR count). The number of nitrogens with two attached hydrogens (primary N) is 1. The van der Waals surface area contributed by atoms with Gasteiger partial charge in [0.1, 0.15) is 17.9 Å². The number of thiophene rings is 1. The van der Waals surface area contributed by atoms with Crippen LogP contribution in [0, 0.1) is 0 Å². The summed E-state index contributed by atoms with van der Waals surface area (Å²) in [4.78, 5) is 33.1. The van der Waals surface area contributed by atoms with Gasteiger partial charge in [-0.2, -0.15) is 0 Å². The molecule has 5 N–H and O–H groups in total. The maximum absolute atomic E-state index is 12.8. The van der Waals surface area contributed by atoms with E-state index in [-0.39, 0.29) is 29.0 Å². The number of hydrogen-bond donors (Lipinski definition) is 4. The Bertz CT molecular complexity index is 1640. The van der Waals surface area contributed by atoms with Crippen LogP contribution >= 0.6 is 11.3 Å².